The van der Waals surface area contributed by atoms with Crippen LogP contribution in [0.4, 0.5) is 11.4 Å². The summed E-state index contributed by atoms with van der Waals surface area (Å²) in [7, 11) is 1.73. The Balaban J connectivity index is 2.06. The number of nitro benzene ring substituents is 1. The van der Waals surface area contributed by atoms with Gasteiger partial charge in [-0.05, 0) is 42.0 Å². The molecule has 0 radical (unpaired) electrons. The number of likely N-dealkylation sites (N-methyl/N-ethyl adjacent to an activating group) is 1. The Bertz CT molecular complexity index is 813. The van der Waals surface area contributed by atoms with E-state index in [-0.39, 0.29) is 11.6 Å². The molecule has 1 amide bonds. The first-order chi connectivity index (χ1) is 10.5. The molecule has 0 saturated carbocycles. The van der Waals surface area contributed by atoms with Gasteiger partial charge in [-0.3, -0.25) is 14.9 Å². The summed E-state index contributed by atoms with van der Waals surface area (Å²) in [6.07, 6.45) is 1.75. The summed E-state index contributed by atoms with van der Waals surface area (Å²) in [5.74, 6) is -0.0912. The minimum absolute atomic E-state index is 0.0279. The van der Waals surface area contributed by atoms with E-state index < -0.39 is 4.92 Å². The summed E-state index contributed by atoms with van der Waals surface area (Å²) < 4.78 is 0.893. The minimum Gasteiger partial charge on any atom is -0.311 e. The van der Waals surface area contributed by atoms with E-state index >= 15 is 0 Å². The molecule has 1 aliphatic heterocycles. The monoisotopic (exact) mass is 358 g/mol. The Morgan fingerprint density at radius 3 is 2.50 bits per heavy atom. The molecule has 0 saturated heterocycles. The van der Waals surface area contributed by atoms with E-state index in [1.807, 2.05) is 18.2 Å². The van der Waals surface area contributed by atoms with Crippen molar-refractivity contribution in [1.29, 1.82) is 0 Å². The molecule has 1 heterocycles. The second kappa shape index (κ2) is 5.38. The van der Waals surface area contributed by atoms with Crippen molar-refractivity contribution >= 4 is 44.9 Å². The second-order valence-electron chi connectivity index (χ2n) is 4.93. The highest BCUT2D eigenvalue weighted by molar-refractivity contribution is 9.10. The average molecular weight is 359 g/mol. The molecule has 22 heavy (non-hydrogen) atoms. The summed E-state index contributed by atoms with van der Waals surface area (Å²) in [6.45, 7) is 0. The van der Waals surface area contributed by atoms with Crippen LogP contribution in [0.25, 0.3) is 11.6 Å². The molecule has 0 atom stereocenters. The third kappa shape index (κ3) is 2.42. The number of carbonyl (C=O) groups excluding carboxylic acids is 1. The van der Waals surface area contributed by atoms with E-state index in [0.29, 0.717) is 5.57 Å². The third-order valence-corrected chi connectivity index (χ3v) is 4.05. The van der Waals surface area contributed by atoms with Crippen molar-refractivity contribution in [3.63, 3.8) is 0 Å². The van der Waals surface area contributed by atoms with Crippen molar-refractivity contribution in [1.82, 2.24) is 0 Å². The van der Waals surface area contributed by atoms with Gasteiger partial charge in [-0.25, -0.2) is 0 Å². The van der Waals surface area contributed by atoms with Gasteiger partial charge in [0, 0.05) is 34.8 Å². The van der Waals surface area contributed by atoms with Gasteiger partial charge in [0.05, 0.1) is 10.6 Å². The van der Waals surface area contributed by atoms with Crippen molar-refractivity contribution in [3.05, 3.63) is 68.2 Å². The van der Waals surface area contributed by atoms with Gasteiger partial charge in [0.15, 0.2) is 0 Å². The van der Waals surface area contributed by atoms with E-state index in [0.717, 1.165) is 21.3 Å². The molecule has 5 nitrogen and oxygen atoms in total. The fraction of sp³-hybridized carbons (Fsp3) is 0.0625. The van der Waals surface area contributed by atoms with Crippen molar-refractivity contribution < 1.29 is 9.72 Å². The molecule has 0 fully saturated rings. The van der Waals surface area contributed by atoms with Gasteiger partial charge >= 0.3 is 0 Å². The predicted molar refractivity (Wildman–Crippen MR) is 88.5 cm³/mol. The molecule has 0 unspecified atom stereocenters. The smallest absolute Gasteiger partial charge is 0.269 e. The second-order valence-corrected chi connectivity index (χ2v) is 5.85. The molecule has 0 bridgehead atoms. The first-order valence-corrected chi connectivity index (χ1v) is 7.31. The summed E-state index contributed by atoms with van der Waals surface area (Å²) in [5, 5.41) is 10.7. The number of fused-ring (bicyclic) bond motifs is 1. The van der Waals surface area contributed by atoms with E-state index in [1.165, 1.54) is 12.1 Å². The van der Waals surface area contributed by atoms with Crippen LogP contribution in [0.1, 0.15) is 11.1 Å². The molecule has 2 aromatic carbocycles. The number of carbonyl (C=O) groups is 1. The van der Waals surface area contributed by atoms with Crippen LogP contribution >= 0.6 is 15.9 Å². The van der Waals surface area contributed by atoms with Gasteiger partial charge < -0.3 is 4.90 Å². The van der Waals surface area contributed by atoms with Crippen LogP contribution in [0.3, 0.4) is 0 Å². The van der Waals surface area contributed by atoms with Gasteiger partial charge in [0.25, 0.3) is 11.6 Å². The number of nitro groups is 1. The molecule has 0 aliphatic carbocycles. The number of halogens is 1. The Morgan fingerprint density at radius 1 is 1.18 bits per heavy atom. The zero-order valence-corrected chi connectivity index (χ0v) is 13.2. The lowest BCUT2D eigenvalue weighted by molar-refractivity contribution is -0.384. The standard InChI is InChI=1S/C16H11BrN2O3/c1-18-15-7-4-11(17)9-13(15)14(16(18)20)8-10-2-5-12(6-3-10)19(21)22/h2-9H,1H3/b14-8-. The zero-order chi connectivity index (χ0) is 15.9. The van der Waals surface area contributed by atoms with Gasteiger partial charge in [0.1, 0.15) is 0 Å². The van der Waals surface area contributed by atoms with Crippen molar-refractivity contribution in [2.24, 2.45) is 0 Å². The van der Waals surface area contributed by atoms with Crippen LogP contribution in [-0.4, -0.2) is 17.9 Å². The van der Waals surface area contributed by atoms with Gasteiger partial charge in [0.2, 0.25) is 0 Å². The molecule has 2 aromatic rings. The van der Waals surface area contributed by atoms with E-state index in [9.17, 15) is 14.9 Å². The van der Waals surface area contributed by atoms with Gasteiger partial charge in [-0.2, -0.15) is 0 Å². The quantitative estimate of drug-likeness (QED) is 0.465. The first-order valence-electron chi connectivity index (χ1n) is 6.51. The predicted octanol–water partition coefficient (Wildman–Crippen LogP) is 3.87. The molecule has 0 spiro atoms. The van der Waals surface area contributed by atoms with Gasteiger partial charge in [-0.15, -0.1) is 0 Å². The van der Waals surface area contributed by atoms with Crippen LogP contribution in [0.5, 0.6) is 0 Å². The lowest BCUT2D eigenvalue weighted by atomic mass is 10.0. The largest absolute Gasteiger partial charge is 0.311 e. The van der Waals surface area contributed by atoms with E-state index in [4.69, 9.17) is 0 Å². The van der Waals surface area contributed by atoms with Crippen molar-refractivity contribution in [3.8, 4) is 0 Å². The topological polar surface area (TPSA) is 63.5 Å². The molecular formula is C16H11BrN2O3. The maximum atomic E-state index is 12.4. The van der Waals surface area contributed by atoms with Crippen molar-refractivity contribution in [2.75, 3.05) is 11.9 Å². The average Bonchev–Trinajstić information content (AvgIpc) is 2.72. The maximum Gasteiger partial charge on any atom is 0.269 e. The van der Waals surface area contributed by atoms with Gasteiger partial charge in [-0.1, -0.05) is 15.9 Å². The lowest BCUT2D eigenvalue weighted by Gasteiger charge is -2.08. The Hall–Kier alpha value is -2.47. The maximum absolute atomic E-state index is 12.4. The first kappa shape index (κ1) is 14.5. The summed E-state index contributed by atoms with van der Waals surface area (Å²) in [5.41, 5.74) is 3.05. The number of hydrogen-bond acceptors (Lipinski definition) is 3. The molecule has 0 N–H and O–H groups in total. The SMILES string of the molecule is CN1C(=O)/C(=C\c2ccc([N+](=O)[O-])cc2)c2cc(Br)ccc21. The number of anilines is 1. The van der Waals surface area contributed by atoms with E-state index in [1.54, 1.807) is 30.2 Å². The third-order valence-electron chi connectivity index (χ3n) is 3.56. The highest BCUT2D eigenvalue weighted by Gasteiger charge is 2.29. The molecule has 110 valence electrons. The Labute approximate surface area is 135 Å². The number of non-ortho nitro benzene ring substituents is 1. The van der Waals surface area contributed by atoms with Crippen LogP contribution in [-0.2, 0) is 4.79 Å². The lowest BCUT2D eigenvalue weighted by Crippen LogP contribution is -2.20. The number of benzene rings is 2. The molecular weight excluding hydrogens is 348 g/mol. The summed E-state index contributed by atoms with van der Waals surface area (Å²) >= 11 is 3.41. The fourth-order valence-corrected chi connectivity index (χ4v) is 2.78. The molecule has 6 heteroatoms. The van der Waals surface area contributed by atoms with Crippen LogP contribution in [0.2, 0.25) is 0 Å². The highest BCUT2D eigenvalue weighted by Crippen LogP contribution is 2.38. The zero-order valence-electron chi connectivity index (χ0n) is 11.6. The Morgan fingerprint density at radius 2 is 1.86 bits per heavy atom. The Kier molecular flexibility index (Phi) is 3.54. The van der Waals surface area contributed by atoms with Crippen LogP contribution in [0.15, 0.2) is 46.9 Å². The minimum atomic E-state index is -0.447. The summed E-state index contributed by atoms with van der Waals surface area (Å²) in [6, 6.07) is 11.8. The number of hydrogen-bond donors (Lipinski definition) is 0. The number of nitrogens with zero attached hydrogens (tertiary/aromatic N) is 2. The highest BCUT2D eigenvalue weighted by atomic mass is 79.9. The fourth-order valence-electron chi connectivity index (χ4n) is 2.42. The van der Waals surface area contributed by atoms with Crippen LogP contribution < -0.4 is 4.90 Å². The van der Waals surface area contributed by atoms with Crippen LogP contribution in [0, 0.1) is 10.1 Å². The van der Waals surface area contributed by atoms with E-state index in [2.05, 4.69) is 15.9 Å². The molecule has 3 rings (SSSR count). The molecule has 1 aliphatic rings. The summed E-state index contributed by atoms with van der Waals surface area (Å²) in [4.78, 5) is 24.2. The normalized spacial score (nSPS) is 15.3. The molecule has 0 aromatic heterocycles. The number of amides is 1. The van der Waals surface area contributed by atoms with Crippen molar-refractivity contribution in [2.45, 2.75) is 0 Å². The number of rotatable bonds is 2.